The first-order valence-electron chi connectivity index (χ1n) is 19.6. The van der Waals surface area contributed by atoms with Crippen molar-refractivity contribution in [3.8, 4) is 0 Å². The summed E-state index contributed by atoms with van der Waals surface area (Å²) in [5.74, 6) is -12.1. The summed E-state index contributed by atoms with van der Waals surface area (Å²) in [6.45, 7) is 6.91. The van der Waals surface area contributed by atoms with Gasteiger partial charge >= 0.3 is 29.8 Å². The lowest BCUT2D eigenvalue weighted by Gasteiger charge is -2.31. The van der Waals surface area contributed by atoms with Crippen molar-refractivity contribution in [3.05, 3.63) is 0 Å². The minimum absolute atomic E-state index is 0.00544. The molecule has 0 aliphatic heterocycles. The Labute approximate surface area is 347 Å². The van der Waals surface area contributed by atoms with E-state index < -0.39 is 134 Å². The molecule has 0 aromatic heterocycles. The van der Waals surface area contributed by atoms with E-state index in [-0.39, 0.29) is 30.4 Å². The van der Waals surface area contributed by atoms with Crippen LogP contribution in [0, 0.1) is 17.8 Å². The van der Waals surface area contributed by atoms with E-state index in [9.17, 15) is 63.3 Å². The summed E-state index contributed by atoms with van der Waals surface area (Å²) in [6.07, 6.45) is 1.70. The van der Waals surface area contributed by atoms with Gasteiger partial charge in [-0.25, -0.2) is 4.79 Å². The molecule has 0 aromatic carbocycles. The van der Waals surface area contributed by atoms with Gasteiger partial charge in [0.25, 0.3) is 0 Å². The van der Waals surface area contributed by atoms with Gasteiger partial charge in [-0.15, -0.1) is 5.48 Å². The topological polar surface area (TPSA) is 333 Å². The average molecular weight is 861 g/mol. The second-order valence-electron chi connectivity index (χ2n) is 15.1. The van der Waals surface area contributed by atoms with Gasteiger partial charge in [0, 0.05) is 12.2 Å². The number of carboxylic acids is 4. The monoisotopic (exact) mass is 860 g/mol. The van der Waals surface area contributed by atoms with E-state index in [0.29, 0.717) is 6.42 Å². The zero-order valence-corrected chi connectivity index (χ0v) is 34.7. The molecule has 5 amide bonds. The van der Waals surface area contributed by atoms with E-state index in [1.807, 2.05) is 5.48 Å². The number of carbonyl (C=O) groups excluding carboxylic acids is 6. The number of aliphatic carboxylic acids is 4. The Morgan fingerprint density at radius 3 is 1.68 bits per heavy atom. The fourth-order valence-corrected chi connectivity index (χ4v) is 6.45. The van der Waals surface area contributed by atoms with E-state index in [2.05, 4.69) is 44.1 Å². The van der Waals surface area contributed by atoms with E-state index in [1.165, 1.54) is 0 Å². The second-order valence-corrected chi connectivity index (χ2v) is 15.4. The van der Waals surface area contributed by atoms with Crippen molar-refractivity contribution < 1.29 is 73.2 Å². The minimum atomic E-state index is -1.82. The molecule has 1 aliphatic rings. The van der Waals surface area contributed by atoms with Gasteiger partial charge in [-0.1, -0.05) is 66.2 Å². The predicted octanol–water partition coefficient (Wildman–Crippen LogP) is 0.108. The summed E-state index contributed by atoms with van der Waals surface area (Å²) in [7, 11) is 0. The largest absolute Gasteiger partial charge is 0.481 e. The molecule has 1 unspecified atom stereocenters. The van der Waals surface area contributed by atoms with Crippen LogP contribution in [-0.2, 0) is 52.8 Å². The minimum Gasteiger partial charge on any atom is -0.481 e. The van der Waals surface area contributed by atoms with Crippen LogP contribution in [0.4, 0.5) is 0 Å². The van der Waals surface area contributed by atoms with Crippen LogP contribution in [-0.4, -0.2) is 122 Å². The van der Waals surface area contributed by atoms with Gasteiger partial charge < -0.3 is 51.8 Å². The number of carbonyl (C=O) groups is 10. The number of nitrogens with one attached hydrogen (secondary N) is 6. The van der Waals surface area contributed by atoms with Crippen molar-refractivity contribution in [2.24, 2.45) is 17.8 Å². The van der Waals surface area contributed by atoms with Gasteiger partial charge in [-0.3, -0.25) is 43.2 Å². The van der Waals surface area contributed by atoms with Crippen molar-refractivity contribution >= 4 is 72.0 Å². The Bertz CT molecular complexity index is 1490. The molecule has 1 saturated carbocycles. The maximum absolute atomic E-state index is 13.9. The number of rotatable bonds is 28. The molecule has 0 heterocycles. The molecular formula is C37H60N6O15S. The van der Waals surface area contributed by atoms with Crippen LogP contribution in [0.3, 0.4) is 0 Å². The molecule has 59 heavy (non-hydrogen) atoms. The molecule has 1 rings (SSSR count). The van der Waals surface area contributed by atoms with E-state index in [4.69, 9.17) is 5.11 Å². The zero-order chi connectivity index (χ0) is 44.8. The molecule has 7 atom stereocenters. The lowest BCUT2D eigenvalue weighted by Crippen LogP contribution is -2.61. The van der Waals surface area contributed by atoms with Crippen LogP contribution in [0.25, 0.3) is 0 Å². The fourth-order valence-electron chi connectivity index (χ4n) is 6.21. The van der Waals surface area contributed by atoms with E-state index in [0.717, 1.165) is 32.1 Å². The summed E-state index contributed by atoms with van der Waals surface area (Å²) < 4.78 is 0. The van der Waals surface area contributed by atoms with Crippen LogP contribution in [0.5, 0.6) is 0 Å². The highest BCUT2D eigenvalue weighted by Crippen LogP contribution is 2.27. The van der Waals surface area contributed by atoms with Crippen molar-refractivity contribution in [1.29, 1.82) is 0 Å². The Balaban J connectivity index is 3.34. The Morgan fingerprint density at radius 2 is 1.15 bits per heavy atom. The zero-order valence-electron chi connectivity index (χ0n) is 33.8. The standard InChI is InChI=1S/C37H60N6O15S/c1-5-20(4)31(36(55)40-24(16-21-9-7-6-8-10-21)33(52)41-26(18-59)37(56)57)42-34(53)23(15-19(2)3)39-32(51)22(11-12-27(44)45)38-35(54)25(17-29(48)49)43-58-30(50)14-13-28(46)47/h19-26,31,43,59H,5-18H2,1-4H3,(H,38,54)(H,39,51)(H,40,55)(H,41,52)(H,42,53)(H,44,45)(H,46,47)(H,48,49)(H,56,57)/t20?,22-,23+,24+,25+,26+,31+/m1/s1. The molecule has 0 bridgehead atoms. The van der Waals surface area contributed by atoms with Crippen LogP contribution >= 0.6 is 12.6 Å². The predicted molar refractivity (Wildman–Crippen MR) is 210 cm³/mol. The smallest absolute Gasteiger partial charge is 0.327 e. The van der Waals surface area contributed by atoms with E-state index in [1.54, 1.807) is 27.7 Å². The first-order chi connectivity index (χ1) is 27.7. The average Bonchev–Trinajstić information content (AvgIpc) is 3.16. The summed E-state index contributed by atoms with van der Waals surface area (Å²) in [5.41, 5.74) is 1.94. The van der Waals surface area contributed by atoms with Gasteiger partial charge in [0.2, 0.25) is 29.5 Å². The number of thiol groups is 1. The third kappa shape index (κ3) is 20.5. The van der Waals surface area contributed by atoms with Gasteiger partial charge in [-0.05, 0) is 37.0 Å². The van der Waals surface area contributed by atoms with E-state index >= 15 is 0 Å². The van der Waals surface area contributed by atoms with Crippen LogP contribution < -0.4 is 32.1 Å². The van der Waals surface area contributed by atoms with Crippen LogP contribution in [0.1, 0.15) is 111 Å². The molecule has 21 nitrogen and oxygen atoms in total. The van der Waals surface area contributed by atoms with Gasteiger partial charge in [-0.2, -0.15) is 12.6 Å². The second kappa shape index (κ2) is 26.9. The summed E-state index contributed by atoms with van der Waals surface area (Å²) >= 11 is 4.01. The highest BCUT2D eigenvalue weighted by Gasteiger charge is 2.36. The lowest BCUT2D eigenvalue weighted by molar-refractivity contribution is -0.159. The maximum Gasteiger partial charge on any atom is 0.327 e. The molecule has 0 saturated heterocycles. The van der Waals surface area contributed by atoms with Crippen molar-refractivity contribution in [2.75, 3.05) is 5.75 Å². The molecule has 0 spiro atoms. The molecule has 1 aliphatic carbocycles. The summed E-state index contributed by atoms with van der Waals surface area (Å²) in [6, 6.07) is -8.55. The molecule has 0 aromatic rings. The molecule has 334 valence electrons. The third-order valence-corrected chi connectivity index (χ3v) is 10.1. The number of hydrogen-bond donors (Lipinski definition) is 11. The Hall–Kier alpha value is -4.99. The summed E-state index contributed by atoms with van der Waals surface area (Å²) in [4.78, 5) is 130. The molecule has 1 fully saturated rings. The molecular weight excluding hydrogens is 801 g/mol. The Kier molecular flexibility index (Phi) is 23.7. The molecule has 22 heteroatoms. The third-order valence-electron chi connectivity index (χ3n) is 9.69. The molecule has 0 radical (unpaired) electrons. The maximum atomic E-state index is 13.9. The fraction of sp³-hybridized carbons (Fsp3) is 0.730. The Morgan fingerprint density at radius 1 is 0.627 bits per heavy atom. The van der Waals surface area contributed by atoms with Crippen molar-refractivity contribution in [3.63, 3.8) is 0 Å². The van der Waals surface area contributed by atoms with Crippen LogP contribution in [0.2, 0.25) is 0 Å². The first kappa shape index (κ1) is 52.0. The van der Waals surface area contributed by atoms with Crippen molar-refractivity contribution in [2.45, 2.75) is 147 Å². The number of carboxylic acid groups (broad SMARTS) is 4. The number of amides is 5. The quantitative estimate of drug-likeness (QED) is 0.0367. The van der Waals surface area contributed by atoms with Gasteiger partial charge in [0.15, 0.2) is 0 Å². The summed E-state index contributed by atoms with van der Waals surface area (Å²) in [5, 5.41) is 49.4. The first-order valence-corrected chi connectivity index (χ1v) is 20.3. The van der Waals surface area contributed by atoms with Crippen molar-refractivity contribution in [1.82, 2.24) is 32.1 Å². The number of hydroxylamine groups is 1. The highest BCUT2D eigenvalue weighted by molar-refractivity contribution is 7.80. The SMILES string of the molecule is CCC(C)[C@H](NC(=O)[C@H](CC(C)C)NC(=O)[C@@H](CCC(=O)O)NC(=O)[C@H](CC(=O)O)NOC(=O)CCC(=O)O)C(=O)N[C@@H](CC1CCCCC1)C(=O)N[C@@H](CS)C(=O)O. The van der Waals surface area contributed by atoms with Crippen LogP contribution in [0.15, 0.2) is 0 Å². The highest BCUT2D eigenvalue weighted by atomic mass is 32.1. The number of hydrogen-bond acceptors (Lipinski definition) is 13. The molecule has 10 N–H and O–H groups in total. The lowest BCUT2D eigenvalue weighted by atomic mass is 9.84. The van der Waals surface area contributed by atoms with Gasteiger partial charge in [0.05, 0.1) is 19.3 Å². The normalized spacial score (nSPS) is 16.4. The van der Waals surface area contributed by atoms with Gasteiger partial charge in [0.1, 0.15) is 36.3 Å².